The van der Waals surface area contributed by atoms with Crippen LogP contribution < -0.4 is 9.47 Å². The van der Waals surface area contributed by atoms with Gasteiger partial charge in [0.25, 0.3) is 11.8 Å². The Labute approximate surface area is 244 Å². The molecule has 2 bridgehead atoms. The highest BCUT2D eigenvalue weighted by molar-refractivity contribution is 6.21. The molecule has 7 rings (SSSR count). The molecule has 1 aliphatic carbocycles. The SMILES string of the molecule is COc1cc2c(cc1OC)[C@@H]1O[C@](CCCCN3C(=O)c4ccccc4C3=O)(C2)OC2=C1C(=O)OC1(CCCCC1)C2. The molecule has 0 saturated heterocycles. The van der Waals surface area contributed by atoms with Crippen LogP contribution >= 0.6 is 0 Å². The van der Waals surface area contributed by atoms with E-state index in [2.05, 4.69) is 0 Å². The van der Waals surface area contributed by atoms with Crippen LogP contribution in [0, 0.1) is 0 Å². The maximum atomic E-state index is 13.6. The monoisotopic (exact) mass is 573 g/mol. The Bertz CT molecular complexity index is 1470. The first kappa shape index (κ1) is 27.0. The quantitative estimate of drug-likeness (QED) is 0.246. The Morgan fingerprint density at radius 2 is 1.57 bits per heavy atom. The molecule has 42 heavy (non-hydrogen) atoms. The van der Waals surface area contributed by atoms with E-state index in [1.165, 1.54) is 4.90 Å². The van der Waals surface area contributed by atoms with E-state index in [0.717, 1.165) is 43.2 Å². The van der Waals surface area contributed by atoms with E-state index < -0.39 is 17.5 Å². The fourth-order valence-corrected chi connectivity index (χ4v) is 7.36. The van der Waals surface area contributed by atoms with E-state index in [4.69, 9.17) is 23.7 Å². The first-order chi connectivity index (χ1) is 20.4. The second-order valence-corrected chi connectivity index (χ2v) is 12.0. The van der Waals surface area contributed by atoms with Gasteiger partial charge in [-0.1, -0.05) is 18.6 Å². The molecule has 9 nitrogen and oxygen atoms in total. The largest absolute Gasteiger partial charge is 0.493 e. The molecule has 5 aliphatic rings. The van der Waals surface area contributed by atoms with Crippen LogP contribution in [0.1, 0.15) is 95.7 Å². The number of nitrogens with zero attached hydrogens (tertiary/aromatic N) is 1. The summed E-state index contributed by atoms with van der Waals surface area (Å²) < 4.78 is 30.7. The fourth-order valence-electron chi connectivity index (χ4n) is 7.36. The Morgan fingerprint density at radius 1 is 0.881 bits per heavy atom. The molecule has 0 N–H and O–H groups in total. The van der Waals surface area contributed by atoms with Gasteiger partial charge in [0.2, 0.25) is 5.79 Å². The van der Waals surface area contributed by atoms with Crippen molar-refractivity contribution >= 4 is 17.8 Å². The molecule has 4 heterocycles. The Kier molecular flexibility index (Phi) is 6.53. The van der Waals surface area contributed by atoms with E-state index in [9.17, 15) is 14.4 Å². The first-order valence-electron chi connectivity index (χ1n) is 14.9. The summed E-state index contributed by atoms with van der Waals surface area (Å²) in [5.74, 6) is -0.0329. The van der Waals surface area contributed by atoms with Crippen LogP contribution in [0.3, 0.4) is 0 Å². The average molecular weight is 574 g/mol. The van der Waals surface area contributed by atoms with E-state index in [0.29, 0.717) is 72.6 Å². The van der Waals surface area contributed by atoms with Crippen LogP contribution in [-0.2, 0) is 25.4 Å². The Balaban J connectivity index is 1.16. The number of rotatable bonds is 7. The molecule has 2 aromatic rings. The zero-order chi connectivity index (χ0) is 29.1. The molecular weight excluding hydrogens is 538 g/mol. The number of benzene rings is 2. The molecule has 1 fully saturated rings. The van der Waals surface area contributed by atoms with Gasteiger partial charge in [-0.3, -0.25) is 14.5 Å². The highest BCUT2D eigenvalue weighted by Crippen LogP contribution is 2.55. The minimum atomic E-state index is -0.994. The number of amides is 2. The minimum absolute atomic E-state index is 0.250. The van der Waals surface area contributed by atoms with E-state index >= 15 is 0 Å². The topological polar surface area (TPSA) is 101 Å². The maximum absolute atomic E-state index is 13.6. The van der Waals surface area contributed by atoms with E-state index in [1.807, 2.05) is 12.1 Å². The van der Waals surface area contributed by atoms with Gasteiger partial charge in [0.05, 0.1) is 25.3 Å². The lowest BCUT2D eigenvalue weighted by atomic mass is 9.77. The molecule has 9 heteroatoms. The van der Waals surface area contributed by atoms with Gasteiger partial charge in [-0.2, -0.15) is 0 Å². The van der Waals surface area contributed by atoms with Gasteiger partial charge >= 0.3 is 5.97 Å². The number of esters is 1. The number of methoxy groups -OCH3 is 2. The van der Waals surface area contributed by atoms with Crippen molar-refractivity contribution in [1.29, 1.82) is 0 Å². The molecule has 1 saturated carbocycles. The zero-order valence-electron chi connectivity index (χ0n) is 24.0. The van der Waals surface area contributed by atoms with Crippen molar-refractivity contribution in [2.45, 2.75) is 81.7 Å². The van der Waals surface area contributed by atoms with Crippen LogP contribution in [0.15, 0.2) is 47.7 Å². The standard InChI is InChI=1S/C33H35NO8/c1-38-24-16-20-18-33(14-8-9-15-34-29(35)21-10-4-5-11-22(21)30(34)36)40-26-19-32(12-6-3-7-13-32)42-31(37)27(26)28(41-33)23(20)17-25(24)39-2/h4-5,10-11,16-17,28H,3,6-9,12-15,18-19H2,1-2H3/t28-,33+/m0/s1. The number of unbranched alkanes of at least 4 members (excludes halogenated alkanes) is 1. The lowest BCUT2D eigenvalue weighted by Gasteiger charge is -2.51. The smallest absolute Gasteiger partial charge is 0.341 e. The first-order valence-corrected chi connectivity index (χ1v) is 14.9. The number of carbonyl (C=O) groups excluding carboxylic acids is 3. The third-order valence-corrected chi connectivity index (χ3v) is 9.44. The van der Waals surface area contributed by atoms with Crippen molar-refractivity contribution in [1.82, 2.24) is 4.90 Å². The van der Waals surface area contributed by atoms with Crippen LogP contribution in [0.4, 0.5) is 0 Å². The van der Waals surface area contributed by atoms with Gasteiger partial charge in [-0.25, -0.2) is 4.79 Å². The van der Waals surface area contributed by atoms with E-state index in [1.54, 1.807) is 38.5 Å². The lowest BCUT2D eigenvalue weighted by Crippen LogP contribution is -2.52. The number of imide groups is 1. The summed E-state index contributed by atoms with van der Waals surface area (Å²) in [5, 5.41) is 0. The molecule has 0 aromatic heterocycles. The van der Waals surface area contributed by atoms with Gasteiger partial charge in [-0.15, -0.1) is 0 Å². The maximum Gasteiger partial charge on any atom is 0.341 e. The molecule has 0 radical (unpaired) electrons. The highest BCUT2D eigenvalue weighted by atomic mass is 16.7. The second-order valence-electron chi connectivity index (χ2n) is 12.0. The summed E-state index contributed by atoms with van der Waals surface area (Å²) in [6.07, 6.45) is 7.00. The zero-order valence-corrected chi connectivity index (χ0v) is 24.0. The van der Waals surface area contributed by atoms with Crippen LogP contribution in [0.5, 0.6) is 11.5 Å². The molecule has 2 aromatic carbocycles. The van der Waals surface area contributed by atoms with Crippen molar-refractivity contribution < 1.29 is 38.1 Å². The predicted molar refractivity (Wildman–Crippen MR) is 150 cm³/mol. The average Bonchev–Trinajstić information content (AvgIpc) is 3.23. The van der Waals surface area contributed by atoms with Gasteiger partial charge < -0.3 is 23.7 Å². The van der Waals surface area contributed by atoms with Gasteiger partial charge in [-0.05, 0) is 73.9 Å². The van der Waals surface area contributed by atoms with Crippen molar-refractivity contribution in [3.05, 3.63) is 70.0 Å². The molecular formula is C33H35NO8. The highest BCUT2D eigenvalue weighted by Gasteiger charge is 2.55. The van der Waals surface area contributed by atoms with Gasteiger partial charge in [0.15, 0.2) is 11.5 Å². The third kappa shape index (κ3) is 4.28. The Morgan fingerprint density at radius 3 is 2.26 bits per heavy atom. The van der Waals surface area contributed by atoms with Gasteiger partial charge in [0.1, 0.15) is 23.0 Å². The second kappa shape index (κ2) is 10.2. The molecule has 0 unspecified atom stereocenters. The third-order valence-electron chi connectivity index (χ3n) is 9.44. The van der Waals surface area contributed by atoms with Crippen LogP contribution in [0.25, 0.3) is 0 Å². The molecule has 220 valence electrons. The Hall–Kier alpha value is -3.85. The molecule has 1 spiro atoms. The number of ether oxygens (including phenoxy) is 5. The van der Waals surface area contributed by atoms with Crippen molar-refractivity contribution in [2.75, 3.05) is 20.8 Å². The normalized spacial score (nSPS) is 25.4. The van der Waals surface area contributed by atoms with E-state index in [-0.39, 0.29) is 17.8 Å². The lowest BCUT2D eigenvalue weighted by molar-refractivity contribution is -0.272. The summed E-state index contributed by atoms with van der Waals surface area (Å²) >= 11 is 0. The van der Waals surface area contributed by atoms with Crippen LogP contribution in [-0.4, -0.2) is 54.8 Å². The fraction of sp³-hybridized carbons (Fsp3) is 0.485. The van der Waals surface area contributed by atoms with Crippen molar-refractivity contribution in [3.8, 4) is 11.5 Å². The number of hydrogen-bond acceptors (Lipinski definition) is 8. The summed E-state index contributed by atoms with van der Waals surface area (Å²) in [7, 11) is 3.18. The summed E-state index contributed by atoms with van der Waals surface area (Å²) in [6.45, 7) is 0.316. The predicted octanol–water partition coefficient (Wildman–Crippen LogP) is 5.41. The minimum Gasteiger partial charge on any atom is -0.493 e. The molecule has 2 atom stereocenters. The van der Waals surface area contributed by atoms with Crippen molar-refractivity contribution in [3.63, 3.8) is 0 Å². The number of fused-ring (bicyclic) bond motifs is 6. The summed E-state index contributed by atoms with van der Waals surface area (Å²) in [4.78, 5) is 40.6. The summed E-state index contributed by atoms with van der Waals surface area (Å²) in [5.41, 5.74) is 2.63. The molecule has 2 amide bonds. The number of hydrogen-bond donors (Lipinski definition) is 0. The summed E-state index contributed by atoms with van der Waals surface area (Å²) in [6, 6.07) is 10.8. The van der Waals surface area contributed by atoms with Crippen molar-refractivity contribution in [2.24, 2.45) is 0 Å². The molecule has 4 aliphatic heterocycles. The van der Waals surface area contributed by atoms with Gasteiger partial charge in [0, 0.05) is 25.8 Å². The van der Waals surface area contributed by atoms with Crippen LogP contribution in [0.2, 0.25) is 0 Å². The number of carbonyl (C=O) groups is 3.